The Hall–Kier alpha value is 0.447. The van der Waals surface area contributed by atoms with Crippen LogP contribution in [0.5, 0.6) is 0 Å². The van der Waals surface area contributed by atoms with Crippen molar-refractivity contribution >= 4 is 43.0 Å². The number of benzene rings is 1. The minimum absolute atomic E-state index is 0.149. The van der Waals surface area contributed by atoms with E-state index in [2.05, 4.69) is 71.9 Å². The average molecular weight is 756 g/mol. The minimum atomic E-state index is -2.74. The van der Waals surface area contributed by atoms with E-state index in [4.69, 9.17) is 4.74 Å². The first-order valence-corrected chi connectivity index (χ1v) is 32.5. The number of hydrogen-bond donors (Lipinski definition) is 0. The van der Waals surface area contributed by atoms with Gasteiger partial charge in [-0.05, 0) is 0 Å². The second-order valence-electron chi connectivity index (χ2n) is 12.6. The van der Waals surface area contributed by atoms with Gasteiger partial charge >= 0.3 is 255 Å². The van der Waals surface area contributed by atoms with Crippen molar-refractivity contribution in [1.82, 2.24) is 0 Å². The molecule has 0 heterocycles. The number of unbranched alkanes of at least 4 members (excludes halogenated alkanes) is 6. The van der Waals surface area contributed by atoms with E-state index in [1.165, 1.54) is 116 Å². The molecule has 0 aromatic heterocycles. The van der Waals surface area contributed by atoms with Gasteiger partial charge in [-0.1, -0.05) is 0 Å². The van der Waals surface area contributed by atoms with Gasteiger partial charge in [0, 0.05) is 0 Å². The van der Waals surface area contributed by atoms with E-state index in [9.17, 15) is 4.79 Å². The molecular formula is C35H66O2Sn2. The van der Waals surface area contributed by atoms with Gasteiger partial charge in [0.15, 0.2) is 0 Å². The van der Waals surface area contributed by atoms with E-state index >= 15 is 0 Å². The third-order valence-electron chi connectivity index (χ3n) is 9.51. The Morgan fingerprint density at radius 3 is 1.28 bits per heavy atom. The molecule has 0 aliphatic rings. The molecule has 0 aliphatic heterocycles. The van der Waals surface area contributed by atoms with Crippen molar-refractivity contribution in [1.29, 1.82) is 0 Å². The molecule has 4 heteroatoms. The average Bonchev–Trinajstić information content (AvgIpc) is 2.97. The van der Waals surface area contributed by atoms with Crippen molar-refractivity contribution < 1.29 is 9.53 Å². The van der Waals surface area contributed by atoms with Crippen LogP contribution in [0.25, 0.3) is 0 Å². The van der Waals surface area contributed by atoms with E-state index in [1.54, 1.807) is 0 Å². The molecule has 39 heavy (non-hydrogen) atoms. The van der Waals surface area contributed by atoms with E-state index < -0.39 is 36.8 Å². The molecule has 0 saturated carbocycles. The maximum absolute atomic E-state index is 13.3. The van der Waals surface area contributed by atoms with Crippen LogP contribution in [0.1, 0.15) is 124 Å². The second kappa shape index (κ2) is 23.0. The van der Waals surface area contributed by atoms with Crippen molar-refractivity contribution in [2.24, 2.45) is 5.92 Å². The van der Waals surface area contributed by atoms with Gasteiger partial charge in [-0.2, -0.15) is 0 Å². The van der Waals surface area contributed by atoms with Gasteiger partial charge in [0.25, 0.3) is 0 Å². The Balaban J connectivity index is 3.70. The summed E-state index contributed by atoms with van der Waals surface area (Å²) < 4.78 is 16.5. The number of aldehydes is 1. The van der Waals surface area contributed by atoms with Gasteiger partial charge in [-0.3, -0.25) is 0 Å². The van der Waals surface area contributed by atoms with Gasteiger partial charge in [0.05, 0.1) is 0 Å². The first-order valence-electron chi connectivity index (χ1n) is 17.1. The molecule has 1 unspecified atom stereocenters. The summed E-state index contributed by atoms with van der Waals surface area (Å²) in [7, 11) is 0. The Morgan fingerprint density at radius 1 is 0.615 bits per heavy atom. The molecule has 0 N–H and O–H groups in total. The molecule has 0 bridgehead atoms. The third kappa shape index (κ3) is 13.1. The van der Waals surface area contributed by atoms with Gasteiger partial charge in [-0.25, -0.2) is 0 Å². The molecule has 0 fully saturated rings. The summed E-state index contributed by atoms with van der Waals surface area (Å²) in [5.74, 6) is 0.149. The van der Waals surface area contributed by atoms with Crippen molar-refractivity contribution in [2.45, 2.75) is 154 Å². The predicted octanol–water partition coefficient (Wildman–Crippen LogP) is 11.6. The van der Waals surface area contributed by atoms with Crippen LogP contribution in [0.4, 0.5) is 0 Å². The summed E-state index contributed by atoms with van der Waals surface area (Å²) in [6.45, 7) is 15.7. The predicted molar refractivity (Wildman–Crippen MR) is 179 cm³/mol. The molecule has 226 valence electrons. The summed E-state index contributed by atoms with van der Waals surface area (Å²) in [5, 5.41) is 0. The van der Waals surface area contributed by atoms with Crippen LogP contribution in [-0.4, -0.2) is 49.6 Å². The van der Waals surface area contributed by atoms with Crippen molar-refractivity contribution in [2.75, 3.05) is 6.61 Å². The molecule has 1 atom stereocenters. The van der Waals surface area contributed by atoms with E-state index in [-0.39, 0.29) is 5.92 Å². The fourth-order valence-corrected chi connectivity index (χ4v) is 86.6. The van der Waals surface area contributed by atoms with E-state index in [1.807, 2.05) is 0 Å². The molecule has 1 aromatic rings. The molecule has 2 nitrogen and oxygen atoms in total. The maximum atomic E-state index is 13.3. The molecule has 0 radical (unpaired) electrons. The second-order valence-corrected chi connectivity index (χ2v) is 45.0. The fourth-order valence-electron chi connectivity index (χ4n) is 7.51. The Kier molecular flexibility index (Phi) is 22.1. The quantitative estimate of drug-likeness (QED) is 0.0695. The summed E-state index contributed by atoms with van der Waals surface area (Å²) in [5.41, 5.74) is 1.23. The van der Waals surface area contributed by atoms with Crippen LogP contribution >= 0.6 is 0 Å². The zero-order valence-electron chi connectivity index (χ0n) is 27.1. The summed E-state index contributed by atoms with van der Waals surface area (Å²) >= 11 is -5.48. The van der Waals surface area contributed by atoms with Crippen molar-refractivity contribution in [3.63, 3.8) is 0 Å². The van der Waals surface area contributed by atoms with Crippen LogP contribution < -0.4 is 0 Å². The van der Waals surface area contributed by atoms with Crippen LogP contribution in [-0.2, 0) is 16.1 Å². The van der Waals surface area contributed by atoms with Crippen molar-refractivity contribution in [3.05, 3.63) is 35.9 Å². The first-order chi connectivity index (χ1) is 19.0. The molecule has 0 spiro atoms. The number of carbonyl (C=O) groups is 1. The summed E-state index contributed by atoms with van der Waals surface area (Å²) in [6.07, 6.45) is 17.7. The van der Waals surface area contributed by atoms with Gasteiger partial charge in [-0.15, -0.1) is 0 Å². The van der Waals surface area contributed by atoms with E-state index in [0.717, 1.165) is 1.95 Å². The summed E-state index contributed by atoms with van der Waals surface area (Å²) in [6, 6.07) is 10.6. The molecule has 0 amide bonds. The monoisotopic (exact) mass is 758 g/mol. The van der Waals surface area contributed by atoms with Gasteiger partial charge in [0.2, 0.25) is 0 Å². The molecular weight excluding hydrogens is 690 g/mol. The normalized spacial score (nSPS) is 13.2. The van der Waals surface area contributed by atoms with Gasteiger partial charge < -0.3 is 0 Å². The summed E-state index contributed by atoms with van der Waals surface area (Å²) in [4.78, 5) is 13.3. The topological polar surface area (TPSA) is 26.3 Å². The van der Waals surface area contributed by atoms with Gasteiger partial charge in [0.1, 0.15) is 0 Å². The molecule has 1 rings (SSSR count). The fraction of sp³-hybridized carbons (Fsp3) is 0.800. The number of carbonyl (C=O) groups excluding carboxylic acids is 1. The zero-order valence-corrected chi connectivity index (χ0v) is 32.8. The first kappa shape index (κ1) is 37.5. The Bertz CT molecular complexity index is 632. The third-order valence-corrected chi connectivity index (χ3v) is 66.0. The van der Waals surface area contributed by atoms with Crippen LogP contribution in [0, 0.1) is 5.92 Å². The molecule has 0 aliphatic carbocycles. The Labute approximate surface area is 253 Å². The zero-order chi connectivity index (χ0) is 28.8. The van der Waals surface area contributed by atoms with Crippen LogP contribution in [0.3, 0.4) is 0 Å². The van der Waals surface area contributed by atoms with Crippen molar-refractivity contribution in [3.8, 4) is 0 Å². The number of ether oxygens (including phenoxy) is 1. The number of rotatable bonds is 26. The van der Waals surface area contributed by atoms with Crippen LogP contribution in [0.15, 0.2) is 30.3 Å². The number of hydrogen-bond acceptors (Lipinski definition) is 2. The Morgan fingerprint density at radius 2 is 0.974 bits per heavy atom. The van der Waals surface area contributed by atoms with Crippen LogP contribution in [0.2, 0.25) is 28.6 Å². The molecule has 1 aromatic carbocycles. The SMILES string of the molecule is CCC[CH2][Sn]([CH2]CCC)([CH2]CCC)[CH](C(C=O)COCc1ccccc1)[Sn]([CH2]CCC)([CH2]CCC)[CH2]CCC. The molecule has 0 saturated heterocycles. The standard InChI is InChI=1S/C11H12O2.6C4H9.2Sn/c1-10(7-12)8-13-9-11-5-3-2-4-6-11;6*1-3-4-2;;/h1-7,10H,8-9H2;6*1,3-4H2,2H3;;. The van der Waals surface area contributed by atoms with E-state index in [0.29, 0.717) is 13.2 Å².